The van der Waals surface area contributed by atoms with E-state index in [4.69, 9.17) is 25.1 Å². The number of halogens is 3. The topological polar surface area (TPSA) is 257 Å². The highest BCUT2D eigenvalue weighted by Gasteiger charge is 2.18. The Hall–Kier alpha value is -10.2. The molecule has 9 aromatic rings. The van der Waals surface area contributed by atoms with Gasteiger partial charge in [0.2, 0.25) is 0 Å². The molecule has 21 heteroatoms. The number of carbonyl (C=O) groups is 4. The van der Waals surface area contributed by atoms with E-state index in [9.17, 15) is 47.7 Å². The first-order chi connectivity index (χ1) is 45.5. The molecule has 11 rings (SSSR count). The van der Waals surface area contributed by atoms with Crippen LogP contribution in [0.1, 0.15) is 104 Å². The summed E-state index contributed by atoms with van der Waals surface area (Å²) in [6.07, 6.45) is 9.21. The van der Waals surface area contributed by atoms with Gasteiger partial charge in [-0.1, -0.05) is 12.8 Å². The Labute approximate surface area is 542 Å². The van der Waals surface area contributed by atoms with Gasteiger partial charge in [-0.05, 0) is 258 Å². The maximum atomic E-state index is 13.1. The third-order valence-electron chi connectivity index (χ3n) is 14.9. The average molecular weight is 1280 g/mol. The van der Waals surface area contributed by atoms with Crippen molar-refractivity contribution in [3.8, 4) is 68.3 Å². The van der Waals surface area contributed by atoms with E-state index >= 15 is 0 Å². The number of Topliss-reactive ketones (excluding diaryl/α,β-unsaturated/α-hetero) is 1. The van der Waals surface area contributed by atoms with E-state index in [1.165, 1.54) is 132 Å². The fourth-order valence-corrected chi connectivity index (χ4v) is 10.1. The number of esters is 1. The van der Waals surface area contributed by atoms with Crippen molar-refractivity contribution in [3.05, 3.63) is 233 Å². The van der Waals surface area contributed by atoms with Gasteiger partial charge in [0, 0.05) is 36.2 Å². The van der Waals surface area contributed by atoms with Crippen molar-refractivity contribution in [1.82, 2.24) is 24.8 Å². The summed E-state index contributed by atoms with van der Waals surface area (Å²) in [6.45, 7) is 7.22. The molecule has 2 aliphatic heterocycles. The maximum Gasteiger partial charge on any atom is 0.354 e. The van der Waals surface area contributed by atoms with Crippen molar-refractivity contribution in [2.45, 2.75) is 64.6 Å². The second-order valence-corrected chi connectivity index (χ2v) is 21.9. The molecule has 0 unspecified atom stereocenters. The summed E-state index contributed by atoms with van der Waals surface area (Å²) in [4.78, 5) is 64.6. The minimum Gasteiger partial charge on any atom is -0.477 e. The number of hydrogen-bond acceptors (Lipinski definition) is 16. The zero-order chi connectivity index (χ0) is 66.8. The van der Waals surface area contributed by atoms with E-state index in [-0.39, 0.29) is 53.4 Å². The van der Waals surface area contributed by atoms with Gasteiger partial charge >= 0.3 is 17.9 Å². The lowest BCUT2D eigenvalue weighted by Gasteiger charge is -2.26. The number of carboxylic acids is 2. The number of rotatable bonds is 21. The quantitative estimate of drug-likeness (QED) is 0.0331. The lowest BCUT2D eigenvalue weighted by molar-refractivity contribution is 0.0599. The summed E-state index contributed by atoms with van der Waals surface area (Å²) in [7, 11) is 1.21. The van der Waals surface area contributed by atoms with Gasteiger partial charge in [0.05, 0.1) is 43.0 Å². The lowest BCUT2D eigenvalue weighted by Crippen LogP contribution is -2.33. The smallest absolute Gasteiger partial charge is 0.354 e. The first-order valence-electron chi connectivity index (χ1n) is 30.7. The van der Waals surface area contributed by atoms with Crippen molar-refractivity contribution in [2.75, 3.05) is 52.9 Å². The molecule has 0 spiro atoms. The first-order valence-corrected chi connectivity index (χ1v) is 30.7. The Bertz CT molecular complexity index is 3910. The minimum absolute atomic E-state index is 0.000164. The van der Waals surface area contributed by atoms with Gasteiger partial charge in [-0.3, -0.25) is 4.79 Å². The molecule has 3 aromatic heterocycles. The minimum atomic E-state index is -1.25. The number of ether oxygens (including phenoxy) is 4. The fourth-order valence-electron chi connectivity index (χ4n) is 10.1. The zero-order valence-corrected chi connectivity index (χ0v) is 51.8. The van der Waals surface area contributed by atoms with E-state index in [1.54, 1.807) is 91.0 Å². The van der Waals surface area contributed by atoms with Gasteiger partial charge in [0.25, 0.3) is 0 Å². The molecule has 2 fully saturated rings. The molecule has 488 valence electrons. The third-order valence-corrected chi connectivity index (χ3v) is 14.9. The highest BCUT2D eigenvalue weighted by atomic mass is 19.1. The molecule has 0 aliphatic carbocycles. The van der Waals surface area contributed by atoms with Crippen molar-refractivity contribution in [2.24, 2.45) is 5.73 Å². The van der Waals surface area contributed by atoms with E-state index in [0.29, 0.717) is 85.9 Å². The van der Waals surface area contributed by atoms with Gasteiger partial charge in [0.1, 0.15) is 69.0 Å². The number of pyridine rings is 3. The Morgan fingerprint density at radius 2 is 0.777 bits per heavy atom. The highest BCUT2D eigenvalue weighted by Crippen LogP contribution is 2.30. The lowest BCUT2D eigenvalue weighted by atomic mass is 10.0. The summed E-state index contributed by atoms with van der Waals surface area (Å²) in [5.41, 5.74) is 10.1. The van der Waals surface area contributed by atoms with E-state index in [2.05, 4.69) is 29.5 Å². The van der Waals surface area contributed by atoms with Gasteiger partial charge in [0.15, 0.2) is 5.78 Å². The molecule has 0 radical (unpaired) electrons. The molecule has 2 aliphatic rings. The summed E-state index contributed by atoms with van der Waals surface area (Å²) < 4.78 is 60.5. The predicted octanol–water partition coefficient (Wildman–Crippen LogP) is 14.1. The molecule has 2 saturated heterocycles. The number of hydrogen-bond donors (Lipinski definition) is 5. The fraction of sp³-hybridized carbons (Fsp3) is 0.247. The van der Waals surface area contributed by atoms with Crippen LogP contribution in [0, 0.1) is 17.5 Å². The number of carbonyl (C=O) groups excluding carboxylic acids is 2. The summed E-state index contributed by atoms with van der Waals surface area (Å²) in [5, 5.41) is 37.3. The van der Waals surface area contributed by atoms with E-state index in [0.717, 1.165) is 50.8 Å². The van der Waals surface area contributed by atoms with Crippen LogP contribution in [-0.4, -0.2) is 122 Å². The van der Waals surface area contributed by atoms with Crippen molar-refractivity contribution < 1.29 is 71.7 Å². The van der Waals surface area contributed by atoms with Crippen molar-refractivity contribution in [3.63, 3.8) is 0 Å². The number of nitrogens with zero attached hydrogens (tertiary/aromatic N) is 5. The number of piperidine rings is 2. The Balaban J connectivity index is 0.000000171. The van der Waals surface area contributed by atoms with Gasteiger partial charge < -0.3 is 54.9 Å². The number of aromatic nitrogens is 3. The summed E-state index contributed by atoms with van der Waals surface area (Å²) in [5.74, 6) is -0.895. The predicted molar refractivity (Wildman–Crippen MR) is 349 cm³/mol. The first kappa shape index (κ1) is 69.7. The molecule has 0 bridgehead atoms. The molecule has 18 nitrogen and oxygen atoms in total. The monoisotopic (exact) mass is 1280 g/mol. The largest absolute Gasteiger partial charge is 0.477 e. The number of aliphatic hydroxyl groups is 2. The third kappa shape index (κ3) is 21.7. The number of methoxy groups -OCH3 is 1. The standard InChI is InChI=1S/C27H29FN2O3.C20H14FNO5.C19H14FNO4.C7H16N2/c28-22-8-12-24(13-9-22)33-23-10-6-21(7-11-23)25-17-20(19-31)18-26(29-25)27(32)5-4-16-30-14-2-1-3-15-30;1-26-20(25)13-10-17(22-18(11-13)19(23)24)12-2-6-15(7-3-12)27-16-8-4-14(21)5-9-16;20-14-3-7-16(8-4-14)25-15-5-1-13(2-6-15)17-9-12(11-22)10-18(21-17)19(23)24;8-4-7-9-5-2-1-3-6-9/h6-13,17-18,31H,1-5,14-16,19H2;2-11H,1H3,(H,23,24);1-10,22H,11H2,(H,23,24);1-8H2. The molecule has 6 N–H and O–H groups in total. The van der Waals surface area contributed by atoms with Crippen molar-refractivity contribution in [1.29, 1.82) is 0 Å². The van der Waals surface area contributed by atoms with Crippen LogP contribution in [0.2, 0.25) is 0 Å². The van der Waals surface area contributed by atoms with Crippen LogP contribution in [0.3, 0.4) is 0 Å². The van der Waals surface area contributed by atoms with Crippen LogP contribution in [0.25, 0.3) is 33.8 Å². The molecule has 6 aromatic carbocycles. The Morgan fingerprint density at radius 1 is 0.447 bits per heavy atom. The van der Waals surface area contributed by atoms with Crippen LogP contribution in [-0.2, 0) is 18.0 Å². The molecular formula is C73H73F3N6O12. The molecule has 5 heterocycles. The zero-order valence-electron chi connectivity index (χ0n) is 51.8. The average Bonchev–Trinajstić information content (AvgIpc) is 0.889. The molecular weight excluding hydrogens is 1210 g/mol. The van der Waals surface area contributed by atoms with Crippen LogP contribution in [0.15, 0.2) is 182 Å². The normalized spacial score (nSPS) is 12.9. The molecule has 0 atom stereocenters. The Kier molecular flexibility index (Phi) is 26.4. The molecule has 0 saturated carbocycles. The van der Waals surface area contributed by atoms with Gasteiger partial charge in [-0.15, -0.1) is 0 Å². The van der Waals surface area contributed by atoms with Crippen molar-refractivity contribution >= 4 is 23.7 Å². The van der Waals surface area contributed by atoms with Gasteiger partial charge in [-0.2, -0.15) is 0 Å². The van der Waals surface area contributed by atoms with Crippen LogP contribution >= 0.6 is 0 Å². The maximum absolute atomic E-state index is 13.1. The Morgan fingerprint density at radius 3 is 1.13 bits per heavy atom. The van der Waals surface area contributed by atoms with E-state index in [1.807, 2.05) is 12.1 Å². The van der Waals surface area contributed by atoms with E-state index < -0.39 is 17.9 Å². The summed E-state index contributed by atoms with van der Waals surface area (Å²) in [6, 6.07) is 46.9. The highest BCUT2D eigenvalue weighted by molar-refractivity contribution is 5.95. The number of nitrogens with two attached hydrogens (primary N) is 1. The molecule has 94 heavy (non-hydrogen) atoms. The number of carboxylic acid groups (broad SMARTS) is 2. The number of aliphatic hydroxyl groups excluding tert-OH is 2. The van der Waals surface area contributed by atoms with Gasteiger partial charge in [-0.25, -0.2) is 42.5 Å². The second kappa shape index (κ2) is 35.6. The number of benzene rings is 6. The number of aromatic carboxylic acids is 2. The number of likely N-dealkylation sites (tertiary alicyclic amines) is 2. The van der Waals surface area contributed by atoms with Crippen LogP contribution < -0.4 is 19.9 Å². The number of ketones is 1. The summed E-state index contributed by atoms with van der Waals surface area (Å²) >= 11 is 0. The van der Waals surface area contributed by atoms with Crippen LogP contribution in [0.4, 0.5) is 13.2 Å². The molecule has 0 amide bonds. The van der Waals surface area contributed by atoms with Crippen LogP contribution in [0.5, 0.6) is 34.5 Å². The SMILES string of the molecule is COC(=O)c1cc(C(=O)O)nc(-c2ccc(Oc3ccc(F)cc3)cc2)c1.NCCN1CCCCC1.O=C(CCCN1CCCCC1)c1cc(CO)cc(-c2ccc(Oc3ccc(F)cc3)cc2)n1.O=C(O)c1cc(CO)cc(-c2ccc(Oc3ccc(F)cc3)cc2)n1. The second-order valence-electron chi connectivity index (χ2n) is 21.9.